The molecule has 1 aliphatic heterocycles. The fourth-order valence-corrected chi connectivity index (χ4v) is 3.07. The number of para-hydroxylation sites is 1. The van der Waals surface area contributed by atoms with Crippen LogP contribution in [0.1, 0.15) is 12.0 Å². The zero-order chi connectivity index (χ0) is 17.9. The summed E-state index contributed by atoms with van der Waals surface area (Å²) in [4.78, 5) is 14.8. The van der Waals surface area contributed by atoms with Gasteiger partial charge in [-0.15, -0.1) is 0 Å². The zero-order valence-electron chi connectivity index (χ0n) is 14.0. The van der Waals surface area contributed by atoms with Crippen LogP contribution in [-0.4, -0.2) is 23.1 Å². The van der Waals surface area contributed by atoms with Gasteiger partial charge in [0.05, 0.1) is 23.5 Å². The van der Waals surface area contributed by atoms with Crippen molar-refractivity contribution in [3.63, 3.8) is 0 Å². The van der Waals surface area contributed by atoms with Crippen molar-refractivity contribution in [1.29, 1.82) is 0 Å². The van der Waals surface area contributed by atoms with Gasteiger partial charge in [-0.3, -0.25) is 15.1 Å². The Labute approximate surface area is 149 Å². The lowest BCUT2D eigenvalue weighted by Crippen LogP contribution is -2.04. The first-order valence-corrected chi connectivity index (χ1v) is 8.36. The Morgan fingerprint density at radius 3 is 2.88 bits per heavy atom. The number of anilines is 1. The third-order valence-corrected chi connectivity index (χ3v) is 4.31. The van der Waals surface area contributed by atoms with Crippen molar-refractivity contribution >= 4 is 22.1 Å². The fraction of sp³-hybridized carbons (Fsp3) is 0.211. The maximum absolute atomic E-state index is 11.2. The molecule has 0 saturated carbocycles. The quantitative estimate of drug-likeness (QED) is 0.566. The van der Waals surface area contributed by atoms with Gasteiger partial charge in [0.1, 0.15) is 0 Å². The standard InChI is InChI=1S/C19H17N3O4/c23-22(24)17-6-5-16(14-7-8-20-12-15(14)17)21-11-13-3-1-4-18-19(13)26-10-2-9-25-18/h1,3-8,12,21H,2,9-11H2. The number of pyridine rings is 1. The van der Waals surface area contributed by atoms with Crippen LogP contribution < -0.4 is 14.8 Å². The van der Waals surface area contributed by atoms with Crippen LogP contribution in [0, 0.1) is 10.1 Å². The molecule has 132 valence electrons. The maximum Gasteiger partial charge on any atom is 0.278 e. The third kappa shape index (κ3) is 2.99. The second-order valence-electron chi connectivity index (χ2n) is 5.96. The highest BCUT2D eigenvalue weighted by Gasteiger charge is 2.16. The Morgan fingerprint density at radius 2 is 2.00 bits per heavy atom. The van der Waals surface area contributed by atoms with Gasteiger partial charge >= 0.3 is 0 Å². The monoisotopic (exact) mass is 351 g/mol. The Bertz CT molecular complexity index is 974. The van der Waals surface area contributed by atoms with Gasteiger partial charge in [-0.1, -0.05) is 12.1 Å². The number of aromatic nitrogens is 1. The molecule has 1 N–H and O–H groups in total. The summed E-state index contributed by atoms with van der Waals surface area (Å²) in [6.07, 6.45) is 3.99. The van der Waals surface area contributed by atoms with Gasteiger partial charge in [-0.2, -0.15) is 0 Å². The van der Waals surface area contributed by atoms with E-state index in [2.05, 4.69) is 10.3 Å². The average Bonchev–Trinajstić information content (AvgIpc) is 2.91. The SMILES string of the molecule is O=[N+]([O-])c1ccc(NCc2cccc3c2OCCCO3)c2ccncc12. The molecular weight excluding hydrogens is 334 g/mol. The van der Waals surface area contributed by atoms with Gasteiger partial charge in [0.15, 0.2) is 11.5 Å². The number of nitrogens with one attached hydrogen (secondary N) is 1. The van der Waals surface area contributed by atoms with E-state index in [1.165, 1.54) is 12.3 Å². The van der Waals surface area contributed by atoms with Crippen LogP contribution in [0.25, 0.3) is 10.8 Å². The predicted octanol–water partition coefficient (Wildman–Crippen LogP) is 3.92. The van der Waals surface area contributed by atoms with Crippen LogP contribution in [-0.2, 0) is 6.54 Å². The van der Waals surface area contributed by atoms with Crippen molar-refractivity contribution in [3.05, 3.63) is 64.5 Å². The number of hydrogen-bond donors (Lipinski definition) is 1. The molecule has 0 amide bonds. The molecule has 0 saturated heterocycles. The highest BCUT2D eigenvalue weighted by molar-refractivity contribution is 5.99. The summed E-state index contributed by atoms with van der Waals surface area (Å²) in [6.45, 7) is 1.78. The lowest BCUT2D eigenvalue weighted by atomic mass is 10.1. The van der Waals surface area contributed by atoms with Crippen LogP contribution in [0.5, 0.6) is 11.5 Å². The third-order valence-electron chi connectivity index (χ3n) is 4.31. The first kappa shape index (κ1) is 16.1. The van der Waals surface area contributed by atoms with Gasteiger partial charge in [0, 0.05) is 48.1 Å². The molecule has 2 heterocycles. The summed E-state index contributed by atoms with van der Waals surface area (Å²) in [7, 11) is 0. The van der Waals surface area contributed by atoms with Crippen LogP contribution in [0.2, 0.25) is 0 Å². The molecule has 0 aliphatic carbocycles. The van der Waals surface area contributed by atoms with Crippen LogP contribution in [0.4, 0.5) is 11.4 Å². The van der Waals surface area contributed by atoms with Crippen LogP contribution in [0.3, 0.4) is 0 Å². The largest absolute Gasteiger partial charge is 0.490 e. The minimum atomic E-state index is -0.393. The molecule has 0 radical (unpaired) electrons. The maximum atomic E-state index is 11.2. The van der Waals surface area contributed by atoms with Crippen molar-refractivity contribution in [1.82, 2.24) is 4.98 Å². The number of benzene rings is 2. The highest BCUT2D eigenvalue weighted by atomic mass is 16.6. The van der Waals surface area contributed by atoms with Crippen molar-refractivity contribution in [2.45, 2.75) is 13.0 Å². The van der Waals surface area contributed by atoms with Gasteiger partial charge < -0.3 is 14.8 Å². The van der Waals surface area contributed by atoms with E-state index >= 15 is 0 Å². The number of ether oxygens (including phenoxy) is 2. The number of nitro groups is 1. The molecule has 2 aromatic carbocycles. The first-order valence-electron chi connectivity index (χ1n) is 8.36. The normalized spacial score (nSPS) is 13.2. The smallest absolute Gasteiger partial charge is 0.278 e. The predicted molar refractivity (Wildman–Crippen MR) is 97.8 cm³/mol. The molecule has 0 atom stereocenters. The Balaban J connectivity index is 1.65. The second kappa shape index (κ2) is 6.87. The second-order valence-corrected chi connectivity index (χ2v) is 5.96. The number of nitrogens with zero attached hydrogens (tertiary/aromatic N) is 2. The highest BCUT2D eigenvalue weighted by Crippen LogP contribution is 2.35. The minimum Gasteiger partial charge on any atom is -0.490 e. The Morgan fingerprint density at radius 1 is 1.12 bits per heavy atom. The molecule has 7 heteroatoms. The van der Waals surface area contributed by atoms with E-state index in [4.69, 9.17) is 9.47 Å². The van der Waals surface area contributed by atoms with Crippen molar-refractivity contribution in [2.24, 2.45) is 0 Å². The van der Waals surface area contributed by atoms with E-state index in [0.717, 1.165) is 34.6 Å². The molecule has 4 rings (SSSR count). The number of rotatable bonds is 4. The Kier molecular flexibility index (Phi) is 4.27. The summed E-state index contributed by atoms with van der Waals surface area (Å²) in [6, 6.07) is 10.8. The molecule has 7 nitrogen and oxygen atoms in total. The number of hydrogen-bond acceptors (Lipinski definition) is 6. The van der Waals surface area contributed by atoms with E-state index < -0.39 is 4.92 Å². The number of nitro benzene ring substituents is 1. The summed E-state index contributed by atoms with van der Waals surface area (Å²) < 4.78 is 11.6. The van der Waals surface area contributed by atoms with Gasteiger partial charge in [0.25, 0.3) is 5.69 Å². The lowest BCUT2D eigenvalue weighted by molar-refractivity contribution is -0.383. The first-order chi connectivity index (χ1) is 12.7. The van der Waals surface area contributed by atoms with Gasteiger partial charge in [-0.25, -0.2) is 0 Å². The minimum absolute atomic E-state index is 0.0453. The van der Waals surface area contributed by atoms with E-state index in [9.17, 15) is 10.1 Å². The number of fused-ring (bicyclic) bond motifs is 2. The summed E-state index contributed by atoms with van der Waals surface area (Å²) in [5.74, 6) is 1.50. The van der Waals surface area contributed by atoms with E-state index in [0.29, 0.717) is 25.1 Å². The molecule has 1 aliphatic rings. The van der Waals surface area contributed by atoms with Gasteiger partial charge in [-0.05, 0) is 18.2 Å². The molecule has 0 fully saturated rings. The zero-order valence-corrected chi connectivity index (χ0v) is 14.0. The molecule has 1 aromatic heterocycles. The average molecular weight is 351 g/mol. The van der Waals surface area contributed by atoms with E-state index in [1.807, 2.05) is 18.2 Å². The van der Waals surface area contributed by atoms with Crippen molar-refractivity contribution in [2.75, 3.05) is 18.5 Å². The van der Waals surface area contributed by atoms with Gasteiger partial charge in [0.2, 0.25) is 0 Å². The van der Waals surface area contributed by atoms with Crippen molar-refractivity contribution < 1.29 is 14.4 Å². The molecule has 0 bridgehead atoms. The molecule has 0 unspecified atom stereocenters. The summed E-state index contributed by atoms with van der Waals surface area (Å²) in [5, 5.41) is 15.8. The topological polar surface area (TPSA) is 86.5 Å². The molecule has 26 heavy (non-hydrogen) atoms. The van der Waals surface area contributed by atoms with Crippen molar-refractivity contribution in [3.8, 4) is 11.5 Å². The fourth-order valence-electron chi connectivity index (χ4n) is 3.07. The summed E-state index contributed by atoms with van der Waals surface area (Å²) >= 11 is 0. The van der Waals surface area contributed by atoms with E-state index in [-0.39, 0.29) is 5.69 Å². The number of non-ortho nitro benzene ring substituents is 1. The lowest BCUT2D eigenvalue weighted by Gasteiger charge is -2.14. The molecule has 3 aromatic rings. The molecular formula is C19H17N3O4. The van der Waals surface area contributed by atoms with Crippen LogP contribution >= 0.6 is 0 Å². The van der Waals surface area contributed by atoms with Crippen LogP contribution in [0.15, 0.2) is 48.8 Å². The Hall–Kier alpha value is -3.35. The summed E-state index contributed by atoms with van der Waals surface area (Å²) in [5.41, 5.74) is 1.83. The molecule has 0 spiro atoms. The van der Waals surface area contributed by atoms with E-state index in [1.54, 1.807) is 18.3 Å².